The van der Waals surface area contributed by atoms with Gasteiger partial charge in [-0.05, 0) is 0 Å². The maximum atomic E-state index is 2.27. The topological polar surface area (TPSA) is 0 Å². The molecule has 0 saturated heterocycles. The summed E-state index contributed by atoms with van der Waals surface area (Å²) < 4.78 is 2.24. The van der Waals surface area contributed by atoms with E-state index in [0.717, 1.165) is 0 Å². The van der Waals surface area contributed by atoms with Crippen molar-refractivity contribution in [3.63, 3.8) is 0 Å². The molecule has 0 atom stereocenters. The van der Waals surface area contributed by atoms with Crippen molar-refractivity contribution in [3.05, 3.63) is 0 Å². The zero-order valence-electron chi connectivity index (χ0n) is 3.98. The predicted molar refractivity (Wildman–Crippen MR) is 27.1 cm³/mol. The Morgan fingerprint density at radius 2 is 2.50 bits per heavy atom. The number of hydrogen-bond acceptors (Lipinski definition) is 0. The van der Waals surface area contributed by atoms with Crippen LogP contribution in [0.15, 0.2) is 0 Å². The molecule has 0 bridgehead atoms. The zero-order valence-corrected chi connectivity index (χ0v) is 6.91. The van der Waals surface area contributed by atoms with E-state index in [9.17, 15) is 0 Å². The van der Waals surface area contributed by atoms with Crippen LogP contribution in [0.25, 0.3) is 0 Å². The Labute approximate surface area is 51.0 Å². The van der Waals surface area contributed by atoms with Crippen LogP contribution in [0.4, 0.5) is 0 Å². The van der Waals surface area contributed by atoms with Gasteiger partial charge < -0.3 is 0 Å². The van der Waals surface area contributed by atoms with Crippen molar-refractivity contribution >= 4 is 11.7 Å². The van der Waals surface area contributed by atoms with Crippen LogP contribution in [0, 0.1) is 0 Å². The summed E-state index contributed by atoms with van der Waals surface area (Å²) in [5.41, 5.74) is 0. The third-order valence-corrected chi connectivity index (χ3v) is 1.24. The predicted octanol–water partition coefficient (Wildman–Crippen LogP) is 0.896. The second-order valence-corrected chi connectivity index (χ2v) is 2.30. The van der Waals surface area contributed by atoms with Crippen LogP contribution in [0.3, 0.4) is 0 Å². The van der Waals surface area contributed by atoms with Crippen molar-refractivity contribution < 1.29 is 19.4 Å². The van der Waals surface area contributed by atoms with Crippen LogP contribution in [0.2, 0.25) is 12.6 Å². The first-order valence-corrected chi connectivity index (χ1v) is 3.86. The first-order chi connectivity index (χ1) is 2.91. The summed E-state index contributed by atoms with van der Waals surface area (Å²) in [6, 6.07) is 0. The second kappa shape index (κ2) is 5.62. The van der Waals surface area contributed by atoms with Crippen molar-refractivity contribution in [1.82, 2.24) is 0 Å². The van der Waals surface area contributed by atoms with E-state index in [1.807, 2.05) is 0 Å². The third kappa shape index (κ3) is 4.62. The number of rotatable bonds is 3. The van der Waals surface area contributed by atoms with Gasteiger partial charge in [-0.15, -0.1) is 0 Å². The molecule has 0 aromatic rings. The molecule has 0 unspecified atom stereocenters. The van der Waals surface area contributed by atoms with Gasteiger partial charge in [0, 0.05) is 0 Å². The monoisotopic (exact) mass is 251 g/mol. The minimum atomic E-state index is 1.20. The second-order valence-electron chi connectivity index (χ2n) is 1.10. The SMILES string of the molecule is CC[B]C[CH]=[W]. The van der Waals surface area contributed by atoms with Crippen LogP contribution in [0.5, 0.6) is 0 Å². The molecule has 0 saturated carbocycles. The van der Waals surface area contributed by atoms with E-state index in [-0.39, 0.29) is 0 Å². The van der Waals surface area contributed by atoms with Crippen molar-refractivity contribution in [2.45, 2.75) is 19.6 Å². The van der Waals surface area contributed by atoms with Gasteiger partial charge in [0.15, 0.2) is 0 Å². The molecule has 0 N–H and O–H groups in total. The molecule has 0 aliphatic heterocycles. The summed E-state index contributed by atoms with van der Waals surface area (Å²) in [5, 5.41) is 0. The average molecular weight is 251 g/mol. The fourth-order valence-electron chi connectivity index (χ4n) is 0.235. The van der Waals surface area contributed by atoms with Gasteiger partial charge in [-0.25, -0.2) is 0 Å². The van der Waals surface area contributed by atoms with E-state index in [0.29, 0.717) is 0 Å². The molecular formula is C4H8BW. The Morgan fingerprint density at radius 3 is 2.67 bits per heavy atom. The maximum absolute atomic E-state index is 2.27. The van der Waals surface area contributed by atoms with Gasteiger partial charge in [0.05, 0.1) is 0 Å². The van der Waals surface area contributed by atoms with Gasteiger partial charge in [-0.3, -0.25) is 0 Å². The third-order valence-electron chi connectivity index (χ3n) is 0.552. The summed E-state index contributed by atoms with van der Waals surface area (Å²) in [6.45, 7) is 2.17. The summed E-state index contributed by atoms with van der Waals surface area (Å²) in [6.07, 6.45) is 2.41. The molecule has 0 aromatic heterocycles. The molecule has 0 aliphatic carbocycles. The van der Waals surface area contributed by atoms with E-state index in [4.69, 9.17) is 0 Å². The van der Waals surface area contributed by atoms with Crippen LogP contribution in [-0.4, -0.2) is 11.7 Å². The minimum absolute atomic E-state index is 1.20. The summed E-state index contributed by atoms with van der Waals surface area (Å²) in [4.78, 5) is 0. The van der Waals surface area contributed by atoms with Crippen molar-refractivity contribution in [2.75, 3.05) is 0 Å². The molecule has 2 heteroatoms. The average Bonchev–Trinajstić information content (AvgIpc) is 1.61. The first kappa shape index (κ1) is 6.62. The van der Waals surface area contributed by atoms with Crippen LogP contribution in [0.1, 0.15) is 6.92 Å². The van der Waals surface area contributed by atoms with Gasteiger partial charge in [0.25, 0.3) is 0 Å². The van der Waals surface area contributed by atoms with E-state index < -0.39 is 0 Å². The fraction of sp³-hybridized carbons (Fsp3) is 0.750. The Morgan fingerprint density at radius 1 is 1.83 bits per heavy atom. The van der Waals surface area contributed by atoms with E-state index in [1.165, 1.54) is 12.6 Å². The molecule has 0 aliphatic rings. The van der Waals surface area contributed by atoms with Crippen molar-refractivity contribution in [2.24, 2.45) is 0 Å². The summed E-state index contributed by atoms with van der Waals surface area (Å²) >= 11 is 1.58. The van der Waals surface area contributed by atoms with Crippen LogP contribution < -0.4 is 0 Å². The Kier molecular flexibility index (Phi) is 6.21. The van der Waals surface area contributed by atoms with Gasteiger partial charge in [-0.2, -0.15) is 0 Å². The zero-order chi connectivity index (χ0) is 4.83. The number of hydrogen-bond donors (Lipinski definition) is 0. The molecule has 33 valence electrons. The van der Waals surface area contributed by atoms with E-state index in [1.54, 1.807) is 19.4 Å². The normalized spacial score (nSPS) is 7.50. The fourth-order valence-corrected chi connectivity index (χ4v) is 0.724. The Hall–Kier alpha value is 0.623. The van der Waals surface area contributed by atoms with E-state index >= 15 is 0 Å². The molecule has 0 spiro atoms. The van der Waals surface area contributed by atoms with E-state index in [2.05, 4.69) is 18.6 Å². The molecule has 0 fully saturated rings. The quantitative estimate of drug-likeness (QED) is 0.516. The molecule has 0 amide bonds. The van der Waals surface area contributed by atoms with Crippen LogP contribution in [-0.2, 0) is 19.4 Å². The summed E-state index contributed by atoms with van der Waals surface area (Å²) in [7, 11) is 2.27. The molecule has 0 aromatic carbocycles. The first-order valence-electron chi connectivity index (χ1n) is 2.17. The van der Waals surface area contributed by atoms with Gasteiger partial charge in [0.1, 0.15) is 0 Å². The molecule has 0 heterocycles. The van der Waals surface area contributed by atoms with Crippen molar-refractivity contribution in [1.29, 1.82) is 0 Å². The Bertz CT molecular complexity index is 36.5. The molecule has 0 rings (SSSR count). The summed E-state index contributed by atoms with van der Waals surface area (Å²) in [5.74, 6) is 0. The van der Waals surface area contributed by atoms with Gasteiger partial charge in [0.2, 0.25) is 0 Å². The molecule has 0 nitrogen and oxygen atoms in total. The molecule has 1 radical (unpaired) electrons. The van der Waals surface area contributed by atoms with Crippen molar-refractivity contribution in [3.8, 4) is 0 Å². The standard InChI is InChI=1S/C4H8B.W/c1-3-5-4-2;/h1H,3-4H2,2H3;. The molecular weight excluding hydrogens is 243 g/mol. The molecule has 6 heavy (non-hydrogen) atoms. The van der Waals surface area contributed by atoms with Gasteiger partial charge in [-0.1, -0.05) is 0 Å². The van der Waals surface area contributed by atoms with Crippen LogP contribution >= 0.6 is 0 Å². The Balaban J connectivity index is 2.49. The van der Waals surface area contributed by atoms with Gasteiger partial charge >= 0.3 is 50.6 Å².